The Bertz CT molecular complexity index is 576. The minimum atomic E-state index is -0.263. The smallest absolute Gasteiger partial charge is 0.320 e. The van der Waals surface area contributed by atoms with Crippen LogP contribution in [0.3, 0.4) is 0 Å². The number of aryl methyl sites for hydroxylation is 2. The lowest BCUT2D eigenvalue weighted by Crippen LogP contribution is -2.37. The van der Waals surface area contributed by atoms with Crippen molar-refractivity contribution in [2.75, 3.05) is 5.32 Å². The van der Waals surface area contributed by atoms with Crippen LogP contribution in [0.15, 0.2) is 24.4 Å². The number of aromatic nitrogens is 3. The van der Waals surface area contributed by atoms with Crippen molar-refractivity contribution in [2.24, 2.45) is 0 Å². The molecule has 2 aromatic rings. The first kappa shape index (κ1) is 14.0. The number of aromatic amines is 1. The standard InChI is InChI=1S/C14H19N5O/c1-9-4-5-13(15-8-9)17-14(20)16-10(2)6-12-7-11(3)18-19-12/h4-5,7-8,10H,6H2,1-3H3,(H,18,19)(H2,15,16,17,20)/t10-/m0/s1. The molecule has 6 heteroatoms. The molecule has 2 rings (SSSR count). The molecule has 0 spiro atoms. The summed E-state index contributed by atoms with van der Waals surface area (Å²) in [6.07, 6.45) is 2.39. The Labute approximate surface area is 118 Å². The zero-order valence-corrected chi connectivity index (χ0v) is 11.9. The SMILES string of the molecule is Cc1ccc(NC(=O)N[C@@H](C)Cc2cc(C)[nH]n2)nc1. The summed E-state index contributed by atoms with van der Waals surface area (Å²) in [6, 6.07) is 5.37. The molecule has 6 nitrogen and oxygen atoms in total. The van der Waals surface area contributed by atoms with Gasteiger partial charge in [0.15, 0.2) is 0 Å². The number of anilines is 1. The zero-order valence-electron chi connectivity index (χ0n) is 11.9. The predicted molar refractivity (Wildman–Crippen MR) is 77.6 cm³/mol. The van der Waals surface area contributed by atoms with Crippen molar-refractivity contribution in [3.05, 3.63) is 41.3 Å². The molecule has 106 valence electrons. The van der Waals surface area contributed by atoms with Crippen LogP contribution < -0.4 is 10.6 Å². The predicted octanol–water partition coefficient (Wildman–Crippen LogP) is 2.17. The first-order chi connectivity index (χ1) is 9.52. The maximum Gasteiger partial charge on any atom is 0.320 e. The summed E-state index contributed by atoms with van der Waals surface area (Å²) in [6.45, 7) is 5.83. The third kappa shape index (κ3) is 4.08. The van der Waals surface area contributed by atoms with E-state index in [4.69, 9.17) is 0 Å². The number of amides is 2. The van der Waals surface area contributed by atoms with E-state index >= 15 is 0 Å². The molecule has 0 bridgehead atoms. The maximum atomic E-state index is 11.8. The Morgan fingerprint density at radius 2 is 2.20 bits per heavy atom. The molecule has 0 saturated heterocycles. The number of carbonyl (C=O) groups excluding carboxylic acids is 1. The van der Waals surface area contributed by atoms with Crippen molar-refractivity contribution < 1.29 is 4.79 Å². The average Bonchev–Trinajstić information content (AvgIpc) is 2.77. The third-order valence-corrected chi connectivity index (χ3v) is 2.80. The molecule has 0 aliphatic heterocycles. The maximum absolute atomic E-state index is 11.8. The molecule has 1 atom stereocenters. The van der Waals surface area contributed by atoms with Gasteiger partial charge in [0, 0.05) is 24.4 Å². The molecule has 0 aliphatic rings. The van der Waals surface area contributed by atoms with Crippen molar-refractivity contribution >= 4 is 11.8 Å². The van der Waals surface area contributed by atoms with Crippen LogP contribution in [0.5, 0.6) is 0 Å². The molecule has 3 N–H and O–H groups in total. The molecular weight excluding hydrogens is 254 g/mol. The van der Waals surface area contributed by atoms with Crippen molar-refractivity contribution in [1.82, 2.24) is 20.5 Å². The number of hydrogen-bond acceptors (Lipinski definition) is 3. The van der Waals surface area contributed by atoms with E-state index in [1.165, 1.54) is 0 Å². The lowest BCUT2D eigenvalue weighted by molar-refractivity contribution is 0.249. The Morgan fingerprint density at radius 3 is 2.80 bits per heavy atom. The number of rotatable bonds is 4. The van der Waals surface area contributed by atoms with Crippen LogP contribution in [-0.2, 0) is 6.42 Å². The van der Waals surface area contributed by atoms with E-state index in [2.05, 4.69) is 25.8 Å². The number of hydrogen-bond donors (Lipinski definition) is 3. The van der Waals surface area contributed by atoms with Crippen molar-refractivity contribution in [2.45, 2.75) is 33.2 Å². The van der Waals surface area contributed by atoms with Crippen LogP contribution in [0.4, 0.5) is 10.6 Å². The Balaban J connectivity index is 1.83. The van der Waals surface area contributed by atoms with Gasteiger partial charge in [-0.15, -0.1) is 0 Å². The molecule has 0 fully saturated rings. The van der Waals surface area contributed by atoms with E-state index in [1.54, 1.807) is 12.3 Å². The highest BCUT2D eigenvalue weighted by Crippen LogP contribution is 2.05. The molecule has 0 saturated carbocycles. The van der Waals surface area contributed by atoms with Gasteiger partial charge in [0.05, 0.1) is 5.69 Å². The fourth-order valence-electron chi connectivity index (χ4n) is 1.86. The largest absolute Gasteiger partial charge is 0.335 e. The molecule has 0 aliphatic carbocycles. The number of nitrogens with one attached hydrogen (secondary N) is 3. The second kappa shape index (κ2) is 6.18. The highest BCUT2D eigenvalue weighted by molar-refractivity contribution is 5.88. The Kier molecular flexibility index (Phi) is 4.34. The fourth-order valence-corrected chi connectivity index (χ4v) is 1.86. The van der Waals surface area contributed by atoms with Crippen LogP contribution in [-0.4, -0.2) is 27.3 Å². The second-order valence-corrected chi connectivity index (χ2v) is 4.97. The van der Waals surface area contributed by atoms with Crippen LogP contribution in [0.25, 0.3) is 0 Å². The van der Waals surface area contributed by atoms with Crippen LogP contribution >= 0.6 is 0 Å². The Morgan fingerprint density at radius 1 is 1.40 bits per heavy atom. The molecule has 2 aromatic heterocycles. The normalized spacial score (nSPS) is 11.9. The van der Waals surface area contributed by atoms with Gasteiger partial charge in [0.1, 0.15) is 5.82 Å². The topological polar surface area (TPSA) is 82.7 Å². The van der Waals surface area contributed by atoms with E-state index in [-0.39, 0.29) is 12.1 Å². The summed E-state index contributed by atoms with van der Waals surface area (Å²) in [5, 5.41) is 12.6. The molecule has 0 unspecified atom stereocenters. The lowest BCUT2D eigenvalue weighted by atomic mass is 10.2. The van der Waals surface area contributed by atoms with Crippen LogP contribution in [0, 0.1) is 13.8 Å². The number of pyridine rings is 1. The van der Waals surface area contributed by atoms with Crippen molar-refractivity contribution in [3.63, 3.8) is 0 Å². The van der Waals surface area contributed by atoms with Gasteiger partial charge >= 0.3 is 6.03 Å². The van der Waals surface area contributed by atoms with Gasteiger partial charge in [-0.1, -0.05) is 6.07 Å². The van der Waals surface area contributed by atoms with Gasteiger partial charge in [-0.3, -0.25) is 10.4 Å². The molecule has 0 aromatic carbocycles. The molecule has 0 radical (unpaired) electrons. The van der Waals surface area contributed by atoms with E-state index in [1.807, 2.05) is 32.9 Å². The first-order valence-corrected chi connectivity index (χ1v) is 6.54. The van der Waals surface area contributed by atoms with Gasteiger partial charge in [-0.05, 0) is 38.5 Å². The molecule has 2 amide bonds. The highest BCUT2D eigenvalue weighted by Gasteiger charge is 2.10. The van der Waals surface area contributed by atoms with Crippen molar-refractivity contribution in [3.8, 4) is 0 Å². The summed E-state index contributed by atoms with van der Waals surface area (Å²) >= 11 is 0. The fraction of sp³-hybridized carbons (Fsp3) is 0.357. The summed E-state index contributed by atoms with van der Waals surface area (Å²) in [5.41, 5.74) is 3.00. The number of urea groups is 1. The summed E-state index contributed by atoms with van der Waals surface area (Å²) < 4.78 is 0. The molecular formula is C14H19N5O. The summed E-state index contributed by atoms with van der Waals surface area (Å²) in [7, 11) is 0. The number of H-pyrrole nitrogens is 1. The van der Waals surface area contributed by atoms with E-state index in [0.717, 1.165) is 17.0 Å². The highest BCUT2D eigenvalue weighted by atomic mass is 16.2. The van der Waals surface area contributed by atoms with Crippen LogP contribution in [0.1, 0.15) is 23.9 Å². The second-order valence-electron chi connectivity index (χ2n) is 4.97. The zero-order chi connectivity index (χ0) is 14.5. The van der Waals surface area contributed by atoms with Gasteiger partial charge < -0.3 is 5.32 Å². The number of nitrogens with zero attached hydrogens (tertiary/aromatic N) is 2. The quantitative estimate of drug-likeness (QED) is 0.798. The van der Waals surface area contributed by atoms with Gasteiger partial charge in [0.25, 0.3) is 0 Å². The minimum absolute atomic E-state index is 0.0110. The lowest BCUT2D eigenvalue weighted by Gasteiger charge is -2.13. The van der Waals surface area contributed by atoms with E-state index in [0.29, 0.717) is 12.2 Å². The molecule has 2 heterocycles. The summed E-state index contributed by atoms with van der Waals surface area (Å²) in [4.78, 5) is 15.9. The average molecular weight is 273 g/mol. The van der Waals surface area contributed by atoms with E-state index in [9.17, 15) is 4.79 Å². The van der Waals surface area contributed by atoms with Gasteiger partial charge in [0.2, 0.25) is 0 Å². The third-order valence-electron chi connectivity index (χ3n) is 2.80. The van der Waals surface area contributed by atoms with Gasteiger partial charge in [-0.25, -0.2) is 9.78 Å². The van der Waals surface area contributed by atoms with E-state index < -0.39 is 0 Å². The Hall–Kier alpha value is -2.37. The monoisotopic (exact) mass is 273 g/mol. The van der Waals surface area contributed by atoms with Crippen molar-refractivity contribution in [1.29, 1.82) is 0 Å². The first-order valence-electron chi connectivity index (χ1n) is 6.54. The molecule has 20 heavy (non-hydrogen) atoms. The number of carbonyl (C=O) groups is 1. The summed E-state index contributed by atoms with van der Waals surface area (Å²) in [5.74, 6) is 0.538. The van der Waals surface area contributed by atoms with Crippen LogP contribution in [0.2, 0.25) is 0 Å². The minimum Gasteiger partial charge on any atom is -0.335 e. The van der Waals surface area contributed by atoms with Gasteiger partial charge in [-0.2, -0.15) is 5.10 Å².